The molecular weight excluding hydrogens is 174 g/mol. The number of nitrogen functional groups attached to an aromatic ring is 1. The predicted octanol–water partition coefficient (Wildman–Crippen LogP) is 2.18. The van der Waals surface area contributed by atoms with E-state index in [1.165, 1.54) is 37.7 Å². The fraction of sp³-hybridized carbons (Fsp3) is 0.636. The van der Waals surface area contributed by atoms with Crippen molar-refractivity contribution < 1.29 is 0 Å². The van der Waals surface area contributed by atoms with Crippen LogP contribution in [0.15, 0.2) is 12.3 Å². The van der Waals surface area contributed by atoms with Gasteiger partial charge < -0.3 is 5.73 Å². The molecule has 0 unspecified atom stereocenters. The molecule has 0 spiro atoms. The van der Waals surface area contributed by atoms with Crippen molar-refractivity contribution >= 4 is 5.82 Å². The van der Waals surface area contributed by atoms with E-state index in [1.54, 1.807) is 0 Å². The second-order valence-corrected chi connectivity index (χ2v) is 4.20. The van der Waals surface area contributed by atoms with E-state index < -0.39 is 0 Å². The van der Waals surface area contributed by atoms with Crippen molar-refractivity contribution in [1.82, 2.24) is 10.2 Å². The maximum atomic E-state index is 5.59. The molecule has 1 aliphatic rings. The molecule has 1 aliphatic carbocycles. The van der Waals surface area contributed by atoms with Crippen LogP contribution < -0.4 is 5.73 Å². The molecule has 1 heterocycles. The van der Waals surface area contributed by atoms with Gasteiger partial charge in [0.05, 0.1) is 6.20 Å². The Morgan fingerprint density at radius 3 is 2.79 bits per heavy atom. The van der Waals surface area contributed by atoms with Gasteiger partial charge in [0.1, 0.15) is 5.82 Å². The molecule has 0 radical (unpaired) electrons. The SMILES string of the molecule is Nc1cc(CC2CCCCC2)cnn1. The lowest BCUT2D eigenvalue weighted by molar-refractivity contribution is 0.356. The van der Waals surface area contributed by atoms with Crippen LogP contribution in [0.25, 0.3) is 0 Å². The lowest BCUT2D eigenvalue weighted by Gasteiger charge is -2.21. The Balaban J connectivity index is 1.95. The van der Waals surface area contributed by atoms with Crippen molar-refractivity contribution in [2.45, 2.75) is 38.5 Å². The number of nitrogens with zero attached hydrogens (tertiary/aromatic N) is 2. The first kappa shape index (κ1) is 9.44. The number of aromatic nitrogens is 2. The van der Waals surface area contributed by atoms with Gasteiger partial charge in [0, 0.05) is 0 Å². The van der Waals surface area contributed by atoms with Gasteiger partial charge in [-0.3, -0.25) is 0 Å². The predicted molar refractivity (Wildman–Crippen MR) is 56.7 cm³/mol. The summed E-state index contributed by atoms with van der Waals surface area (Å²) in [5.41, 5.74) is 6.83. The molecule has 2 rings (SSSR count). The minimum Gasteiger partial charge on any atom is -0.382 e. The molecule has 0 aromatic carbocycles. The Hall–Kier alpha value is -1.12. The molecule has 0 aliphatic heterocycles. The Kier molecular flexibility index (Phi) is 2.96. The summed E-state index contributed by atoms with van der Waals surface area (Å²) in [6, 6.07) is 1.95. The van der Waals surface area contributed by atoms with Gasteiger partial charge in [-0.1, -0.05) is 32.1 Å². The lowest BCUT2D eigenvalue weighted by Crippen LogP contribution is -2.09. The van der Waals surface area contributed by atoms with Gasteiger partial charge in [0.25, 0.3) is 0 Å². The van der Waals surface area contributed by atoms with Gasteiger partial charge in [-0.15, -0.1) is 5.10 Å². The molecule has 1 saturated carbocycles. The first-order chi connectivity index (χ1) is 6.84. The van der Waals surface area contributed by atoms with Gasteiger partial charge in [0.15, 0.2) is 0 Å². The monoisotopic (exact) mass is 191 g/mol. The highest BCUT2D eigenvalue weighted by Crippen LogP contribution is 2.26. The minimum absolute atomic E-state index is 0.540. The highest BCUT2D eigenvalue weighted by atomic mass is 15.1. The topological polar surface area (TPSA) is 51.8 Å². The van der Waals surface area contributed by atoms with Crippen molar-refractivity contribution in [2.75, 3.05) is 5.73 Å². The van der Waals surface area contributed by atoms with Crippen LogP contribution in [0, 0.1) is 5.92 Å². The Morgan fingerprint density at radius 2 is 2.07 bits per heavy atom. The summed E-state index contributed by atoms with van der Waals surface area (Å²) in [6.45, 7) is 0. The Morgan fingerprint density at radius 1 is 1.29 bits per heavy atom. The van der Waals surface area contributed by atoms with E-state index in [-0.39, 0.29) is 0 Å². The van der Waals surface area contributed by atoms with Crippen LogP contribution in [0.1, 0.15) is 37.7 Å². The van der Waals surface area contributed by atoms with Crippen LogP contribution in [0.5, 0.6) is 0 Å². The van der Waals surface area contributed by atoms with Crippen LogP contribution >= 0.6 is 0 Å². The maximum absolute atomic E-state index is 5.59. The maximum Gasteiger partial charge on any atom is 0.146 e. The van der Waals surface area contributed by atoms with E-state index in [2.05, 4.69) is 10.2 Å². The fourth-order valence-corrected chi connectivity index (χ4v) is 2.26. The van der Waals surface area contributed by atoms with E-state index >= 15 is 0 Å². The molecule has 1 fully saturated rings. The molecule has 0 atom stereocenters. The van der Waals surface area contributed by atoms with Crippen LogP contribution in [0.3, 0.4) is 0 Å². The summed E-state index contributed by atoms with van der Waals surface area (Å²) in [5.74, 6) is 1.38. The zero-order valence-corrected chi connectivity index (χ0v) is 8.45. The van der Waals surface area contributed by atoms with E-state index in [4.69, 9.17) is 5.73 Å². The van der Waals surface area contributed by atoms with E-state index in [0.29, 0.717) is 5.82 Å². The number of anilines is 1. The summed E-state index contributed by atoms with van der Waals surface area (Å²) in [6.07, 6.45) is 9.87. The van der Waals surface area contributed by atoms with E-state index in [9.17, 15) is 0 Å². The quantitative estimate of drug-likeness (QED) is 0.779. The minimum atomic E-state index is 0.540. The highest BCUT2D eigenvalue weighted by molar-refractivity contribution is 5.29. The van der Waals surface area contributed by atoms with Gasteiger partial charge in [-0.2, -0.15) is 5.10 Å². The van der Waals surface area contributed by atoms with Gasteiger partial charge in [-0.05, 0) is 24.0 Å². The molecule has 2 N–H and O–H groups in total. The molecule has 1 aromatic heterocycles. The third kappa shape index (κ3) is 2.44. The molecular formula is C11H17N3. The smallest absolute Gasteiger partial charge is 0.146 e. The molecule has 0 amide bonds. The average molecular weight is 191 g/mol. The molecule has 0 saturated heterocycles. The summed E-state index contributed by atoms with van der Waals surface area (Å²) in [7, 11) is 0. The van der Waals surface area contributed by atoms with Crippen molar-refractivity contribution in [3.63, 3.8) is 0 Å². The largest absolute Gasteiger partial charge is 0.382 e. The average Bonchev–Trinajstić information content (AvgIpc) is 2.19. The van der Waals surface area contributed by atoms with Gasteiger partial charge in [-0.25, -0.2) is 0 Å². The van der Waals surface area contributed by atoms with Crippen molar-refractivity contribution in [1.29, 1.82) is 0 Å². The van der Waals surface area contributed by atoms with Crippen LogP contribution in [-0.4, -0.2) is 10.2 Å². The third-order valence-corrected chi connectivity index (χ3v) is 2.98. The van der Waals surface area contributed by atoms with E-state index in [1.807, 2.05) is 12.3 Å². The summed E-state index contributed by atoms with van der Waals surface area (Å²) in [4.78, 5) is 0. The first-order valence-corrected chi connectivity index (χ1v) is 5.41. The number of hydrogen-bond donors (Lipinski definition) is 1. The molecule has 3 heteroatoms. The Labute approximate surface area is 84.7 Å². The summed E-state index contributed by atoms with van der Waals surface area (Å²) in [5, 5.41) is 7.64. The zero-order valence-electron chi connectivity index (χ0n) is 8.45. The molecule has 0 bridgehead atoms. The Bertz CT molecular complexity index is 292. The number of nitrogens with two attached hydrogens (primary N) is 1. The molecule has 14 heavy (non-hydrogen) atoms. The van der Waals surface area contributed by atoms with Crippen LogP contribution in [0.4, 0.5) is 5.82 Å². The summed E-state index contributed by atoms with van der Waals surface area (Å²) < 4.78 is 0. The second kappa shape index (κ2) is 4.40. The van der Waals surface area contributed by atoms with Gasteiger partial charge >= 0.3 is 0 Å². The van der Waals surface area contributed by atoms with Gasteiger partial charge in [0.2, 0.25) is 0 Å². The van der Waals surface area contributed by atoms with E-state index in [0.717, 1.165) is 12.3 Å². The highest BCUT2D eigenvalue weighted by Gasteiger charge is 2.13. The third-order valence-electron chi connectivity index (χ3n) is 2.98. The number of rotatable bonds is 2. The van der Waals surface area contributed by atoms with Crippen molar-refractivity contribution in [3.8, 4) is 0 Å². The standard InChI is InChI=1S/C11H17N3/c12-11-7-10(8-13-14-11)6-9-4-2-1-3-5-9/h7-9H,1-6H2,(H2,12,14). The molecule has 76 valence electrons. The lowest BCUT2D eigenvalue weighted by atomic mass is 9.85. The summed E-state index contributed by atoms with van der Waals surface area (Å²) >= 11 is 0. The first-order valence-electron chi connectivity index (χ1n) is 5.41. The normalized spacial score (nSPS) is 18.3. The molecule has 3 nitrogen and oxygen atoms in total. The van der Waals surface area contributed by atoms with Crippen LogP contribution in [-0.2, 0) is 6.42 Å². The van der Waals surface area contributed by atoms with Crippen molar-refractivity contribution in [3.05, 3.63) is 17.8 Å². The van der Waals surface area contributed by atoms with Crippen molar-refractivity contribution in [2.24, 2.45) is 5.92 Å². The second-order valence-electron chi connectivity index (χ2n) is 4.20. The van der Waals surface area contributed by atoms with Crippen LogP contribution in [0.2, 0.25) is 0 Å². The molecule has 1 aromatic rings. The number of hydrogen-bond acceptors (Lipinski definition) is 3. The zero-order chi connectivity index (χ0) is 9.80. The fourth-order valence-electron chi connectivity index (χ4n) is 2.26.